The summed E-state index contributed by atoms with van der Waals surface area (Å²) in [5, 5.41) is 0.876. The minimum Gasteiger partial charge on any atom is -0.359 e. The van der Waals surface area contributed by atoms with Crippen molar-refractivity contribution in [1.82, 2.24) is 14.5 Å². The highest BCUT2D eigenvalue weighted by atomic mass is 32.2. The summed E-state index contributed by atoms with van der Waals surface area (Å²) in [6.07, 6.45) is 1.08. The first kappa shape index (κ1) is 25.4. The Morgan fingerprint density at radius 1 is 1.24 bits per heavy atom. The number of aromatic nitrogens is 2. The van der Waals surface area contributed by atoms with Crippen molar-refractivity contribution in [2.45, 2.75) is 24.5 Å². The highest BCUT2D eigenvalue weighted by molar-refractivity contribution is 7.99. The van der Waals surface area contributed by atoms with E-state index in [-0.39, 0.29) is 30.3 Å². The Hall–Kier alpha value is -3.21. The van der Waals surface area contributed by atoms with Gasteiger partial charge in [-0.3, -0.25) is 9.36 Å². The number of hydrogen-bond donors (Lipinski definition) is 0. The van der Waals surface area contributed by atoms with Gasteiger partial charge in [0.25, 0.3) is 0 Å². The number of halogens is 1. The van der Waals surface area contributed by atoms with Crippen LogP contribution in [0, 0.1) is 12.7 Å². The summed E-state index contributed by atoms with van der Waals surface area (Å²) in [7, 11) is 1.57. The molecule has 1 atom stereocenters. The highest BCUT2D eigenvalue weighted by Gasteiger charge is 2.29. The Balaban J connectivity index is 1.67. The molecule has 5 rings (SSSR count). The van der Waals surface area contributed by atoms with Crippen molar-refractivity contribution >= 4 is 34.4 Å². The van der Waals surface area contributed by atoms with Gasteiger partial charge >= 0.3 is 5.69 Å². The van der Waals surface area contributed by atoms with Crippen molar-refractivity contribution in [3.8, 4) is 11.1 Å². The minimum absolute atomic E-state index is 0.0978. The molecule has 0 spiro atoms. The summed E-state index contributed by atoms with van der Waals surface area (Å²) < 4.78 is 26.4. The lowest BCUT2D eigenvalue weighted by molar-refractivity contribution is -0.126. The SMILES string of the molecule is C=CC(=O)N1CCN(c2nc(=O)n3c4c(c(-c5ccc(F)cc5)c(C)cc24)SC[C@H](OCOC)C3)CC1. The monoisotopic (exact) mass is 524 g/mol. The number of anilines is 1. The van der Waals surface area contributed by atoms with E-state index in [0.29, 0.717) is 44.3 Å². The van der Waals surface area contributed by atoms with Gasteiger partial charge in [-0.25, -0.2) is 9.18 Å². The number of thioether (sulfide) groups is 1. The lowest BCUT2D eigenvalue weighted by atomic mass is 9.97. The van der Waals surface area contributed by atoms with E-state index in [2.05, 4.69) is 22.5 Å². The fourth-order valence-corrected chi connectivity index (χ4v) is 6.35. The largest absolute Gasteiger partial charge is 0.359 e. The van der Waals surface area contributed by atoms with Crippen LogP contribution >= 0.6 is 11.8 Å². The van der Waals surface area contributed by atoms with Gasteiger partial charge in [-0.15, -0.1) is 11.8 Å². The fraction of sp³-hybridized carbons (Fsp3) is 0.370. The first-order valence-electron chi connectivity index (χ1n) is 12.1. The molecule has 1 saturated heterocycles. The van der Waals surface area contributed by atoms with Gasteiger partial charge in [0.15, 0.2) is 0 Å². The molecule has 1 aromatic heterocycles. The molecule has 194 valence electrons. The molecule has 0 aliphatic carbocycles. The molecule has 0 saturated carbocycles. The van der Waals surface area contributed by atoms with Crippen LogP contribution in [0.3, 0.4) is 0 Å². The molecule has 2 aliphatic heterocycles. The Bertz CT molecular complexity index is 1400. The Labute approximate surface area is 218 Å². The predicted octanol–water partition coefficient (Wildman–Crippen LogP) is 3.44. The molecule has 37 heavy (non-hydrogen) atoms. The molecule has 3 heterocycles. The zero-order valence-electron chi connectivity index (χ0n) is 20.9. The second kappa shape index (κ2) is 10.6. The van der Waals surface area contributed by atoms with Crippen LogP contribution in [0.15, 0.2) is 52.7 Å². The second-order valence-corrected chi connectivity index (χ2v) is 10.2. The van der Waals surface area contributed by atoms with Crippen LogP contribution in [0.5, 0.6) is 0 Å². The van der Waals surface area contributed by atoms with Gasteiger partial charge in [-0.2, -0.15) is 4.98 Å². The van der Waals surface area contributed by atoms with Crippen molar-refractivity contribution in [1.29, 1.82) is 0 Å². The maximum atomic E-state index is 13.7. The summed E-state index contributed by atoms with van der Waals surface area (Å²) in [6, 6.07) is 8.50. The molecular weight excluding hydrogens is 495 g/mol. The van der Waals surface area contributed by atoms with E-state index in [9.17, 15) is 14.0 Å². The van der Waals surface area contributed by atoms with Gasteiger partial charge in [0, 0.05) is 54.9 Å². The average Bonchev–Trinajstić information content (AvgIpc) is 3.10. The summed E-state index contributed by atoms with van der Waals surface area (Å²) in [5.41, 5.74) is 3.31. The summed E-state index contributed by atoms with van der Waals surface area (Å²) in [6.45, 7) is 8.26. The number of methoxy groups -OCH3 is 1. The number of aryl methyl sites for hydroxylation is 1. The number of ether oxygens (including phenoxy) is 2. The maximum Gasteiger partial charge on any atom is 0.350 e. The van der Waals surface area contributed by atoms with Crippen LogP contribution in [0.25, 0.3) is 22.0 Å². The van der Waals surface area contributed by atoms with Crippen molar-refractivity contribution in [3.63, 3.8) is 0 Å². The number of carbonyl (C=O) groups excluding carboxylic acids is 1. The van der Waals surface area contributed by atoms with Gasteiger partial charge in [-0.1, -0.05) is 18.7 Å². The van der Waals surface area contributed by atoms with Gasteiger partial charge in [-0.05, 0) is 42.3 Å². The van der Waals surface area contributed by atoms with E-state index >= 15 is 0 Å². The number of piperazine rings is 1. The van der Waals surface area contributed by atoms with E-state index in [4.69, 9.17) is 9.47 Å². The van der Waals surface area contributed by atoms with E-state index in [1.54, 1.807) is 40.5 Å². The third-order valence-corrected chi connectivity index (χ3v) is 8.04. The molecule has 0 bridgehead atoms. The van der Waals surface area contributed by atoms with Crippen molar-refractivity contribution in [3.05, 3.63) is 64.9 Å². The lowest BCUT2D eigenvalue weighted by Crippen LogP contribution is -2.49. The molecule has 3 aromatic rings. The smallest absolute Gasteiger partial charge is 0.350 e. The fourth-order valence-electron chi connectivity index (χ4n) is 5.01. The number of rotatable bonds is 6. The number of amides is 1. The topological polar surface area (TPSA) is 76.9 Å². The second-order valence-electron chi connectivity index (χ2n) is 9.15. The van der Waals surface area contributed by atoms with Crippen LogP contribution in [-0.4, -0.2) is 72.3 Å². The van der Waals surface area contributed by atoms with Crippen molar-refractivity contribution < 1.29 is 18.7 Å². The molecule has 0 unspecified atom stereocenters. The van der Waals surface area contributed by atoms with E-state index < -0.39 is 0 Å². The Kier molecular flexibility index (Phi) is 7.32. The molecule has 2 aliphatic rings. The first-order valence-corrected chi connectivity index (χ1v) is 13.1. The van der Waals surface area contributed by atoms with Gasteiger partial charge in [0.05, 0.1) is 18.2 Å². The molecule has 1 amide bonds. The highest BCUT2D eigenvalue weighted by Crippen LogP contribution is 2.43. The number of carbonyl (C=O) groups is 1. The van der Waals surface area contributed by atoms with E-state index in [1.165, 1.54) is 18.2 Å². The van der Waals surface area contributed by atoms with Crippen LogP contribution in [-0.2, 0) is 20.8 Å². The maximum absolute atomic E-state index is 13.7. The average molecular weight is 525 g/mol. The van der Waals surface area contributed by atoms with Crippen molar-refractivity contribution in [2.75, 3.05) is 50.7 Å². The molecule has 0 N–H and O–H groups in total. The number of nitrogens with zero attached hydrogens (tertiary/aromatic N) is 4. The molecule has 0 radical (unpaired) electrons. The minimum atomic E-state index is -0.351. The third kappa shape index (κ3) is 4.88. The molecule has 10 heteroatoms. The molecule has 8 nitrogen and oxygen atoms in total. The zero-order valence-corrected chi connectivity index (χ0v) is 21.7. The van der Waals surface area contributed by atoms with Crippen LogP contribution < -0.4 is 10.6 Å². The van der Waals surface area contributed by atoms with Gasteiger partial charge in [0.2, 0.25) is 5.91 Å². The number of hydrogen-bond acceptors (Lipinski definition) is 7. The van der Waals surface area contributed by atoms with Crippen LogP contribution in [0.1, 0.15) is 5.56 Å². The van der Waals surface area contributed by atoms with E-state index in [0.717, 1.165) is 32.5 Å². The van der Waals surface area contributed by atoms with E-state index in [1.807, 2.05) is 6.92 Å². The molecule has 1 fully saturated rings. The van der Waals surface area contributed by atoms with Crippen LogP contribution in [0.2, 0.25) is 0 Å². The quantitative estimate of drug-likeness (QED) is 0.361. The standard InChI is InChI=1S/C27H29FN4O4S/c1-4-22(33)30-9-11-31(12-10-30)26-21-13-17(2)23(18-5-7-19(28)8-6-18)25-24(21)32(27(34)29-26)14-20(15-37-25)36-16-35-3/h4-8,13,20H,1,9-12,14-16H2,2-3H3/t20-/m1/s1. The van der Waals surface area contributed by atoms with Gasteiger partial charge in [0.1, 0.15) is 18.4 Å². The lowest BCUT2D eigenvalue weighted by Gasteiger charge is -2.35. The predicted molar refractivity (Wildman–Crippen MR) is 143 cm³/mol. The first-order chi connectivity index (χ1) is 17.9. The number of benzene rings is 2. The Morgan fingerprint density at radius 3 is 2.65 bits per heavy atom. The normalized spacial score (nSPS) is 17.6. The Morgan fingerprint density at radius 2 is 1.97 bits per heavy atom. The summed E-state index contributed by atoms with van der Waals surface area (Å²) >= 11 is 1.63. The summed E-state index contributed by atoms with van der Waals surface area (Å²) in [4.78, 5) is 34.9. The summed E-state index contributed by atoms with van der Waals surface area (Å²) in [5.74, 6) is 0.842. The van der Waals surface area contributed by atoms with Crippen molar-refractivity contribution in [2.24, 2.45) is 0 Å². The third-order valence-electron chi connectivity index (χ3n) is 6.82. The molecule has 2 aromatic carbocycles. The molecular formula is C27H29FN4O4S. The zero-order chi connectivity index (χ0) is 26.1. The van der Waals surface area contributed by atoms with Gasteiger partial charge < -0.3 is 19.3 Å². The van der Waals surface area contributed by atoms with Crippen LogP contribution in [0.4, 0.5) is 10.2 Å².